The van der Waals surface area contributed by atoms with Gasteiger partial charge in [-0.3, -0.25) is 14.7 Å². The Morgan fingerprint density at radius 1 is 1.17 bits per heavy atom. The number of methoxy groups -OCH3 is 1. The second-order valence-corrected chi connectivity index (χ2v) is 7.50. The van der Waals surface area contributed by atoms with Crippen molar-refractivity contribution in [2.24, 2.45) is 0 Å². The number of esters is 1. The first-order valence-corrected chi connectivity index (χ1v) is 9.07. The van der Waals surface area contributed by atoms with Gasteiger partial charge in [0.05, 0.1) is 24.9 Å². The summed E-state index contributed by atoms with van der Waals surface area (Å²) in [5.41, 5.74) is 0.938. The maximum Gasteiger partial charge on any atom is 0.306 e. The lowest BCUT2D eigenvalue weighted by molar-refractivity contribution is -0.143. The van der Waals surface area contributed by atoms with E-state index in [-0.39, 0.29) is 36.7 Å². The van der Waals surface area contributed by atoms with Crippen LogP contribution in [0.25, 0.3) is 0 Å². The monoisotopic (exact) mass is 358 g/mol. The molecule has 10 heteroatoms. The fourth-order valence-corrected chi connectivity index (χ4v) is 4.45. The van der Waals surface area contributed by atoms with E-state index in [1.54, 1.807) is 18.7 Å². The third kappa shape index (κ3) is 3.75. The van der Waals surface area contributed by atoms with E-state index in [0.717, 1.165) is 0 Å². The Hall–Kier alpha value is -1.94. The van der Waals surface area contributed by atoms with Gasteiger partial charge in [-0.2, -0.15) is 9.40 Å². The zero-order valence-corrected chi connectivity index (χ0v) is 14.9. The molecular weight excluding hydrogens is 336 g/mol. The van der Waals surface area contributed by atoms with Crippen LogP contribution >= 0.6 is 0 Å². The van der Waals surface area contributed by atoms with Gasteiger partial charge in [-0.05, 0) is 13.8 Å². The fraction of sp³-hybridized carbons (Fsp3) is 0.643. The molecular formula is C14H22N4O5S. The Kier molecular flexibility index (Phi) is 5.60. The summed E-state index contributed by atoms with van der Waals surface area (Å²) in [5.74, 6) is -0.608. The van der Waals surface area contributed by atoms with Crippen LogP contribution in [0.15, 0.2) is 4.90 Å². The molecule has 0 unspecified atom stereocenters. The number of hydrogen-bond donors (Lipinski definition) is 1. The van der Waals surface area contributed by atoms with Gasteiger partial charge in [0.2, 0.25) is 15.9 Å². The van der Waals surface area contributed by atoms with E-state index in [0.29, 0.717) is 24.5 Å². The summed E-state index contributed by atoms with van der Waals surface area (Å²) in [6, 6.07) is 0. The Bertz CT molecular complexity index is 700. The molecule has 2 rings (SSSR count). The third-order valence-electron chi connectivity index (χ3n) is 4.02. The average molecular weight is 358 g/mol. The van der Waals surface area contributed by atoms with E-state index in [2.05, 4.69) is 14.9 Å². The van der Waals surface area contributed by atoms with Crippen molar-refractivity contribution in [3.05, 3.63) is 11.4 Å². The number of carbonyl (C=O) groups excluding carboxylic acids is 2. The zero-order valence-electron chi connectivity index (χ0n) is 14.0. The summed E-state index contributed by atoms with van der Waals surface area (Å²) in [6.07, 6.45) is 0.0978. The van der Waals surface area contributed by atoms with Crippen molar-refractivity contribution in [2.75, 3.05) is 33.3 Å². The number of H-pyrrole nitrogens is 1. The second kappa shape index (κ2) is 7.31. The summed E-state index contributed by atoms with van der Waals surface area (Å²) in [5, 5.41) is 6.61. The highest BCUT2D eigenvalue weighted by molar-refractivity contribution is 7.89. The number of aryl methyl sites for hydroxylation is 2. The SMILES string of the molecule is COC(=O)CCC(=O)N1CCN(S(=O)(=O)c2c(C)n[nH]c2C)CC1. The Morgan fingerprint density at radius 2 is 1.79 bits per heavy atom. The maximum absolute atomic E-state index is 12.7. The van der Waals surface area contributed by atoms with Gasteiger partial charge in [0, 0.05) is 32.6 Å². The Morgan fingerprint density at radius 3 is 2.29 bits per heavy atom. The smallest absolute Gasteiger partial charge is 0.306 e. The second-order valence-electron chi connectivity index (χ2n) is 5.62. The predicted octanol–water partition coefficient (Wildman–Crippen LogP) is -0.187. The van der Waals surface area contributed by atoms with E-state index in [9.17, 15) is 18.0 Å². The summed E-state index contributed by atoms with van der Waals surface area (Å²) in [4.78, 5) is 24.9. The number of aromatic nitrogens is 2. The highest BCUT2D eigenvalue weighted by atomic mass is 32.2. The van der Waals surface area contributed by atoms with Gasteiger partial charge >= 0.3 is 5.97 Å². The molecule has 1 aliphatic heterocycles. The number of rotatable bonds is 5. The van der Waals surface area contributed by atoms with E-state index >= 15 is 0 Å². The van der Waals surface area contributed by atoms with Crippen molar-refractivity contribution in [1.29, 1.82) is 0 Å². The Labute approximate surface area is 141 Å². The van der Waals surface area contributed by atoms with E-state index in [4.69, 9.17) is 0 Å². The standard InChI is InChI=1S/C14H22N4O5S/c1-10-14(11(2)16-15-10)24(21,22)18-8-6-17(7-9-18)12(19)4-5-13(20)23-3/h4-9H2,1-3H3,(H,15,16). The molecule has 1 aromatic rings. The van der Waals surface area contributed by atoms with Gasteiger partial charge in [0.1, 0.15) is 4.90 Å². The normalized spacial score (nSPS) is 16.2. The van der Waals surface area contributed by atoms with Gasteiger partial charge in [-0.15, -0.1) is 0 Å². The largest absolute Gasteiger partial charge is 0.469 e. The number of hydrogen-bond acceptors (Lipinski definition) is 6. The lowest BCUT2D eigenvalue weighted by atomic mass is 10.2. The van der Waals surface area contributed by atoms with Crippen LogP contribution in [0.3, 0.4) is 0 Å². The maximum atomic E-state index is 12.7. The predicted molar refractivity (Wildman–Crippen MR) is 84.7 cm³/mol. The van der Waals surface area contributed by atoms with E-state index in [1.807, 2.05) is 0 Å². The average Bonchev–Trinajstić information content (AvgIpc) is 2.91. The molecule has 1 aliphatic rings. The lowest BCUT2D eigenvalue weighted by Gasteiger charge is -2.34. The first-order valence-electron chi connectivity index (χ1n) is 7.63. The molecule has 0 aromatic carbocycles. The van der Waals surface area contributed by atoms with Gasteiger partial charge in [0.15, 0.2) is 0 Å². The van der Waals surface area contributed by atoms with Crippen LogP contribution in [-0.2, 0) is 24.3 Å². The number of amides is 1. The van der Waals surface area contributed by atoms with Crippen LogP contribution in [-0.4, -0.2) is 73.0 Å². The molecule has 24 heavy (non-hydrogen) atoms. The van der Waals surface area contributed by atoms with E-state index in [1.165, 1.54) is 11.4 Å². The molecule has 1 aromatic heterocycles. The molecule has 0 bridgehead atoms. The molecule has 134 valence electrons. The molecule has 1 amide bonds. The molecule has 1 saturated heterocycles. The van der Waals surface area contributed by atoms with Crippen molar-refractivity contribution in [2.45, 2.75) is 31.6 Å². The molecule has 9 nitrogen and oxygen atoms in total. The molecule has 0 aliphatic carbocycles. The van der Waals surface area contributed by atoms with Gasteiger partial charge in [-0.1, -0.05) is 0 Å². The summed E-state index contributed by atoms with van der Waals surface area (Å²) in [6.45, 7) is 4.35. The summed E-state index contributed by atoms with van der Waals surface area (Å²) < 4.78 is 31.3. The van der Waals surface area contributed by atoms with Crippen LogP contribution in [0.1, 0.15) is 24.2 Å². The molecule has 2 heterocycles. The number of piperazine rings is 1. The minimum Gasteiger partial charge on any atom is -0.469 e. The molecule has 1 fully saturated rings. The molecule has 1 N–H and O–H groups in total. The molecule has 0 radical (unpaired) electrons. The van der Waals surface area contributed by atoms with Gasteiger partial charge in [-0.25, -0.2) is 8.42 Å². The highest BCUT2D eigenvalue weighted by Gasteiger charge is 2.33. The zero-order chi connectivity index (χ0) is 17.9. The molecule has 0 saturated carbocycles. The number of nitrogens with one attached hydrogen (secondary N) is 1. The molecule has 0 atom stereocenters. The van der Waals surface area contributed by atoms with Crippen molar-refractivity contribution in [1.82, 2.24) is 19.4 Å². The topological polar surface area (TPSA) is 113 Å². The first-order chi connectivity index (χ1) is 11.3. The van der Waals surface area contributed by atoms with E-state index < -0.39 is 16.0 Å². The highest BCUT2D eigenvalue weighted by Crippen LogP contribution is 2.22. The number of ether oxygens (including phenoxy) is 1. The number of sulfonamides is 1. The minimum absolute atomic E-state index is 0.0290. The van der Waals surface area contributed by atoms with Crippen molar-refractivity contribution < 1.29 is 22.7 Å². The van der Waals surface area contributed by atoms with Crippen LogP contribution in [0.5, 0.6) is 0 Å². The minimum atomic E-state index is -3.63. The number of aromatic amines is 1. The summed E-state index contributed by atoms with van der Waals surface area (Å²) in [7, 11) is -2.36. The van der Waals surface area contributed by atoms with Crippen molar-refractivity contribution in [3.8, 4) is 0 Å². The number of nitrogens with zero attached hydrogens (tertiary/aromatic N) is 3. The van der Waals surface area contributed by atoms with Crippen molar-refractivity contribution >= 4 is 21.9 Å². The number of carbonyl (C=O) groups is 2. The Balaban J connectivity index is 1.97. The van der Waals surface area contributed by atoms with Gasteiger partial charge in [0.25, 0.3) is 0 Å². The van der Waals surface area contributed by atoms with Crippen LogP contribution in [0, 0.1) is 13.8 Å². The third-order valence-corrected chi connectivity index (χ3v) is 6.18. The van der Waals surface area contributed by atoms with Crippen LogP contribution in [0.4, 0.5) is 0 Å². The fourth-order valence-electron chi connectivity index (χ4n) is 2.70. The first kappa shape index (κ1) is 18.4. The quantitative estimate of drug-likeness (QED) is 0.730. The lowest BCUT2D eigenvalue weighted by Crippen LogP contribution is -2.50. The van der Waals surface area contributed by atoms with Gasteiger partial charge < -0.3 is 9.64 Å². The van der Waals surface area contributed by atoms with Crippen LogP contribution < -0.4 is 0 Å². The molecule has 0 spiro atoms. The summed E-state index contributed by atoms with van der Waals surface area (Å²) >= 11 is 0. The van der Waals surface area contributed by atoms with Crippen LogP contribution in [0.2, 0.25) is 0 Å². The van der Waals surface area contributed by atoms with Crippen molar-refractivity contribution in [3.63, 3.8) is 0 Å².